The second-order valence-electron chi connectivity index (χ2n) is 5.94. The van der Waals surface area contributed by atoms with Gasteiger partial charge in [0.2, 0.25) is 0 Å². The average molecular weight is 354 g/mol. The summed E-state index contributed by atoms with van der Waals surface area (Å²) in [5.41, 5.74) is 2.04. The lowest BCUT2D eigenvalue weighted by Crippen LogP contribution is -2.22. The first-order valence-electron chi connectivity index (χ1n) is 6.66. The van der Waals surface area contributed by atoms with E-state index >= 15 is 0 Å². The topological polar surface area (TPSA) is 39.9 Å². The molecule has 0 unspecified atom stereocenters. The molecular formula is C14H20BrN3OSi. The first-order chi connectivity index (χ1) is 9.47. The van der Waals surface area contributed by atoms with Crippen LogP contribution in [-0.2, 0) is 11.5 Å². The highest BCUT2D eigenvalue weighted by molar-refractivity contribution is 9.10. The monoisotopic (exact) mass is 353 g/mol. The molecule has 20 heavy (non-hydrogen) atoms. The highest BCUT2D eigenvalue weighted by Crippen LogP contribution is 2.26. The van der Waals surface area contributed by atoms with Crippen LogP contribution in [0.2, 0.25) is 25.7 Å². The number of pyridine rings is 1. The van der Waals surface area contributed by atoms with Gasteiger partial charge in [0.1, 0.15) is 11.3 Å². The van der Waals surface area contributed by atoms with Crippen molar-refractivity contribution in [1.82, 2.24) is 14.5 Å². The van der Waals surface area contributed by atoms with Gasteiger partial charge in [0, 0.05) is 32.6 Å². The van der Waals surface area contributed by atoms with Crippen molar-refractivity contribution in [3.05, 3.63) is 35.5 Å². The van der Waals surface area contributed by atoms with Crippen molar-refractivity contribution < 1.29 is 4.74 Å². The molecule has 108 valence electrons. The minimum atomic E-state index is -1.04. The summed E-state index contributed by atoms with van der Waals surface area (Å²) in [6.45, 7) is 8.38. The fourth-order valence-electron chi connectivity index (χ4n) is 1.78. The molecule has 0 atom stereocenters. The Morgan fingerprint density at radius 1 is 1.35 bits per heavy atom. The third kappa shape index (κ3) is 4.26. The van der Waals surface area contributed by atoms with Crippen molar-refractivity contribution in [3.63, 3.8) is 0 Å². The lowest BCUT2D eigenvalue weighted by Gasteiger charge is -2.16. The Morgan fingerprint density at radius 2 is 2.15 bits per heavy atom. The van der Waals surface area contributed by atoms with Gasteiger partial charge in [-0.2, -0.15) is 0 Å². The molecule has 2 aromatic heterocycles. The van der Waals surface area contributed by atoms with Crippen molar-refractivity contribution in [2.45, 2.75) is 32.4 Å². The lowest BCUT2D eigenvalue weighted by atomic mass is 10.2. The summed E-state index contributed by atoms with van der Waals surface area (Å²) in [4.78, 5) is 8.46. The Bertz CT molecular complexity index is 551. The van der Waals surface area contributed by atoms with Crippen LogP contribution < -0.4 is 0 Å². The number of nitrogens with zero attached hydrogens (tertiary/aromatic N) is 3. The molecule has 0 aliphatic carbocycles. The van der Waals surface area contributed by atoms with Gasteiger partial charge in [-0.05, 0) is 34.1 Å². The predicted octanol–water partition coefficient (Wildman–Crippen LogP) is 4.02. The minimum Gasteiger partial charge on any atom is -0.361 e. The van der Waals surface area contributed by atoms with Crippen molar-refractivity contribution in [1.29, 1.82) is 0 Å². The van der Waals surface area contributed by atoms with Crippen LogP contribution in [0.1, 0.15) is 0 Å². The van der Waals surface area contributed by atoms with Gasteiger partial charge < -0.3 is 9.30 Å². The second-order valence-corrected chi connectivity index (χ2v) is 12.3. The third-order valence-corrected chi connectivity index (χ3v) is 5.24. The zero-order valence-corrected chi connectivity index (χ0v) is 14.7. The molecular weight excluding hydrogens is 334 g/mol. The number of halogens is 1. The Labute approximate surface area is 129 Å². The Morgan fingerprint density at radius 3 is 2.80 bits per heavy atom. The van der Waals surface area contributed by atoms with Crippen molar-refractivity contribution in [2.75, 3.05) is 6.61 Å². The summed E-state index contributed by atoms with van der Waals surface area (Å²) in [5.74, 6) is 0. The molecule has 0 N–H and O–H groups in total. The van der Waals surface area contributed by atoms with Crippen LogP contribution in [0, 0.1) is 0 Å². The number of hydrogen-bond acceptors (Lipinski definition) is 3. The van der Waals surface area contributed by atoms with Gasteiger partial charge in [-0.1, -0.05) is 19.6 Å². The fraction of sp³-hybridized carbons (Fsp3) is 0.429. The van der Waals surface area contributed by atoms with E-state index in [1.54, 1.807) is 12.5 Å². The largest absolute Gasteiger partial charge is 0.361 e. The number of aromatic nitrogens is 3. The van der Waals surface area contributed by atoms with Gasteiger partial charge in [-0.25, -0.2) is 4.98 Å². The third-order valence-electron chi connectivity index (χ3n) is 2.95. The van der Waals surface area contributed by atoms with E-state index in [2.05, 4.69) is 45.5 Å². The van der Waals surface area contributed by atoms with Crippen LogP contribution in [0.25, 0.3) is 11.3 Å². The van der Waals surface area contributed by atoms with Gasteiger partial charge in [0.25, 0.3) is 0 Å². The maximum atomic E-state index is 5.79. The van der Waals surface area contributed by atoms with E-state index in [4.69, 9.17) is 4.74 Å². The molecule has 2 rings (SSSR count). The number of ether oxygens (including phenoxy) is 1. The van der Waals surface area contributed by atoms with E-state index in [9.17, 15) is 0 Å². The molecule has 0 fully saturated rings. The highest BCUT2D eigenvalue weighted by atomic mass is 79.9. The first kappa shape index (κ1) is 15.4. The highest BCUT2D eigenvalue weighted by Gasteiger charge is 2.14. The SMILES string of the molecule is C[Si](C)(C)CCOCn1cnc(Br)c1-c1cccnc1. The molecule has 0 radical (unpaired) electrons. The van der Waals surface area contributed by atoms with E-state index in [0.717, 1.165) is 22.5 Å². The molecule has 0 aromatic carbocycles. The quantitative estimate of drug-likeness (QED) is 0.581. The van der Waals surface area contributed by atoms with Gasteiger partial charge in [-0.3, -0.25) is 4.98 Å². The van der Waals surface area contributed by atoms with Gasteiger partial charge in [0.05, 0.1) is 12.0 Å². The molecule has 6 heteroatoms. The Kier molecular flexibility index (Phi) is 5.12. The van der Waals surface area contributed by atoms with E-state index in [0.29, 0.717) is 6.73 Å². The van der Waals surface area contributed by atoms with Crippen LogP contribution >= 0.6 is 15.9 Å². The molecule has 0 saturated carbocycles. The summed E-state index contributed by atoms with van der Waals surface area (Å²) >= 11 is 3.49. The maximum Gasteiger partial charge on any atom is 0.132 e. The standard InChI is InChI=1S/C14H20BrN3OSi/c1-20(2,3)8-7-19-11-18-10-17-14(15)13(18)12-5-4-6-16-9-12/h4-6,9-10H,7-8,11H2,1-3H3. The molecule has 2 aromatic rings. The zero-order chi connectivity index (χ0) is 14.6. The van der Waals surface area contributed by atoms with Gasteiger partial charge >= 0.3 is 0 Å². The van der Waals surface area contributed by atoms with E-state index < -0.39 is 8.07 Å². The Balaban J connectivity index is 2.03. The van der Waals surface area contributed by atoms with Gasteiger partial charge in [-0.15, -0.1) is 0 Å². The smallest absolute Gasteiger partial charge is 0.132 e. The molecule has 0 aliphatic heterocycles. The number of imidazole rings is 1. The number of hydrogen-bond donors (Lipinski definition) is 0. The molecule has 0 aliphatic rings. The normalized spacial score (nSPS) is 11.8. The van der Waals surface area contributed by atoms with E-state index in [-0.39, 0.29) is 0 Å². The number of rotatable bonds is 6. The van der Waals surface area contributed by atoms with Crippen LogP contribution in [0.5, 0.6) is 0 Å². The van der Waals surface area contributed by atoms with Crippen LogP contribution in [-0.4, -0.2) is 29.2 Å². The summed E-state index contributed by atoms with van der Waals surface area (Å²) < 4.78 is 8.61. The second kappa shape index (κ2) is 6.65. The summed E-state index contributed by atoms with van der Waals surface area (Å²) in [7, 11) is -1.04. The zero-order valence-electron chi connectivity index (χ0n) is 12.1. The lowest BCUT2D eigenvalue weighted by molar-refractivity contribution is 0.0881. The van der Waals surface area contributed by atoms with Gasteiger partial charge in [0.15, 0.2) is 0 Å². The predicted molar refractivity (Wildman–Crippen MR) is 87.3 cm³/mol. The average Bonchev–Trinajstić information content (AvgIpc) is 2.76. The molecule has 2 heterocycles. The summed E-state index contributed by atoms with van der Waals surface area (Å²) in [6.07, 6.45) is 5.39. The van der Waals surface area contributed by atoms with Crippen molar-refractivity contribution in [2.24, 2.45) is 0 Å². The van der Waals surface area contributed by atoms with E-state index in [1.807, 2.05) is 22.9 Å². The Hall–Kier alpha value is -0.983. The molecule has 4 nitrogen and oxygen atoms in total. The van der Waals surface area contributed by atoms with Crippen molar-refractivity contribution in [3.8, 4) is 11.3 Å². The van der Waals surface area contributed by atoms with E-state index in [1.165, 1.54) is 6.04 Å². The summed E-state index contributed by atoms with van der Waals surface area (Å²) in [5, 5.41) is 0. The van der Waals surface area contributed by atoms with Crippen LogP contribution in [0.15, 0.2) is 35.5 Å². The van der Waals surface area contributed by atoms with Crippen molar-refractivity contribution >= 4 is 24.0 Å². The van der Waals surface area contributed by atoms with Crippen LogP contribution in [0.4, 0.5) is 0 Å². The first-order valence-corrected chi connectivity index (χ1v) is 11.2. The fourth-order valence-corrected chi connectivity index (χ4v) is 3.09. The maximum absolute atomic E-state index is 5.79. The summed E-state index contributed by atoms with van der Waals surface area (Å²) in [6, 6.07) is 5.11. The van der Waals surface area contributed by atoms with Crippen LogP contribution in [0.3, 0.4) is 0 Å². The molecule has 0 spiro atoms. The minimum absolute atomic E-state index is 0.521. The molecule has 0 bridgehead atoms. The molecule has 0 saturated heterocycles. The molecule has 0 amide bonds.